The van der Waals surface area contributed by atoms with Crippen LogP contribution in [0.5, 0.6) is 0 Å². The first-order chi connectivity index (χ1) is 10.5. The number of hydrogen-bond donors (Lipinski definition) is 1. The number of carbonyl (C=O) groups excluding carboxylic acids is 1. The Hall–Kier alpha value is -1.72. The summed E-state index contributed by atoms with van der Waals surface area (Å²) >= 11 is 6.13. The predicted octanol–water partition coefficient (Wildman–Crippen LogP) is 2.19. The second-order valence-corrected chi connectivity index (χ2v) is 6.18. The normalized spacial score (nSPS) is 16.4. The lowest BCUT2D eigenvalue weighted by atomic mass is 10.1. The van der Waals surface area contributed by atoms with Crippen LogP contribution < -0.4 is 5.73 Å². The number of piperazine rings is 1. The molecule has 6 heteroatoms. The fourth-order valence-corrected chi connectivity index (χ4v) is 3.19. The molecule has 1 aromatic heterocycles. The maximum Gasteiger partial charge on any atom is 0.256 e. The molecule has 5 nitrogen and oxygen atoms in total. The van der Waals surface area contributed by atoms with Crippen LogP contribution in [0, 0.1) is 0 Å². The monoisotopic (exact) mass is 320 g/mol. The molecule has 22 heavy (non-hydrogen) atoms. The standard InChI is InChI=1S/C16H21ClN4O/c1-3-20-4-6-21(7-5-20)16(22)12-10-19(2)15-9-14(18)13(17)8-11(12)15/h8-10H,3-7,18H2,1-2H3. The van der Waals surface area contributed by atoms with Gasteiger partial charge in [-0.1, -0.05) is 18.5 Å². The Morgan fingerprint density at radius 3 is 2.59 bits per heavy atom. The number of hydrogen-bond acceptors (Lipinski definition) is 3. The minimum Gasteiger partial charge on any atom is -0.397 e. The highest BCUT2D eigenvalue weighted by Crippen LogP contribution is 2.30. The highest BCUT2D eigenvalue weighted by molar-refractivity contribution is 6.34. The number of nitrogens with zero attached hydrogens (tertiary/aromatic N) is 3. The van der Waals surface area contributed by atoms with Crippen LogP contribution in [0.1, 0.15) is 17.3 Å². The molecule has 0 radical (unpaired) electrons. The molecule has 1 aromatic carbocycles. The van der Waals surface area contributed by atoms with Gasteiger partial charge in [0, 0.05) is 44.8 Å². The Morgan fingerprint density at radius 2 is 1.95 bits per heavy atom. The number of nitrogens with two attached hydrogens (primary N) is 1. The topological polar surface area (TPSA) is 54.5 Å². The number of halogens is 1. The molecule has 3 rings (SSSR count). The summed E-state index contributed by atoms with van der Waals surface area (Å²) in [5.74, 6) is 0.0715. The number of likely N-dealkylation sites (N-methyl/N-ethyl adjacent to an activating group) is 1. The fourth-order valence-electron chi connectivity index (χ4n) is 3.03. The minimum atomic E-state index is 0.0715. The molecule has 0 aliphatic carbocycles. The minimum absolute atomic E-state index is 0.0715. The Bertz CT molecular complexity index is 716. The number of aromatic nitrogens is 1. The van der Waals surface area contributed by atoms with Crippen molar-refractivity contribution < 1.29 is 4.79 Å². The van der Waals surface area contributed by atoms with Crippen LogP contribution in [0.15, 0.2) is 18.3 Å². The van der Waals surface area contributed by atoms with Gasteiger partial charge in [0.1, 0.15) is 0 Å². The van der Waals surface area contributed by atoms with Crippen molar-refractivity contribution in [3.8, 4) is 0 Å². The quantitative estimate of drug-likeness (QED) is 0.863. The maximum absolute atomic E-state index is 12.8. The number of anilines is 1. The Balaban J connectivity index is 1.93. The van der Waals surface area contributed by atoms with Crippen molar-refractivity contribution in [2.24, 2.45) is 7.05 Å². The first-order valence-electron chi connectivity index (χ1n) is 7.57. The van der Waals surface area contributed by atoms with E-state index in [0.717, 1.165) is 43.6 Å². The van der Waals surface area contributed by atoms with Gasteiger partial charge >= 0.3 is 0 Å². The molecule has 1 aliphatic rings. The summed E-state index contributed by atoms with van der Waals surface area (Å²) in [6, 6.07) is 3.62. The molecular formula is C16H21ClN4O. The van der Waals surface area contributed by atoms with Crippen molar-refractivity contribution >= 4 is 34.1 Å². The van der Waals surface area contributed by atoms with Crippen LogP contribution in [0.2, 0.25) is 5.02 Å². The van der Waals surface area contributed by atoms with Gasteiger partial charge < -0.3 is 20.1 Å². The number of fused-ring (bicyclic) bond motifs is 1. The highest BCUT2D eigenvalue weighted by atomic mass is 35.5. The Morgan fingerprint density at radius 1 is 1.27 bits per heavy atom. The number of benzene rings is 1. The lowest BCUT2D eigenvalue weighted by molar-refractivity contribution is 0.0645. The molecule has 1 fully saturated rings. The third-order valence-electron chi connectivity index (χ3n) is 4.45. The third kappa shape index (κ3) is 2.55. The van der Waals surface area contributed by atoms with E-state index >= 15 is 0 Å². The van der Waals surface area contributed by atoms with Gasteiger partial charge in [-0.3, -0.25) is 4.79 Å². The van der Waals surface area contributed by atoms with Crippen LogP contribution in [0.25, 0.3) is 10.9 Å². The first-order valence-corrected chi connectivity index (χ1v) is 7.94. The van der Waals surface area contributed by atoms with Gasteiger partial charge in [-0.15, -0.1) is 0 Å². The van der Waals surface area contributed by atoms with Gasteiger partial charge in [-0.25, -0.2) is 0 Å². The van der Waals surface area contributed by atoms with Crippen LogP contribution in [0.3, 0.4) is 0 Å². The van der Waals surface area contributed by atoms with Crippen LogP contribution in [-0.4, -0.2) is 53.0 Å². The van der Waals surface area contributed by atoms with E-state index in [1.165, 1.54) is 0 Å². The Labute approximate surface area is 135 Å². The van der Waals surface area contributed by atoms with Gasteiger partial charge in [-0.05, 0) is 18.7 Å². The number of carbonyl (C=O) groups is 1. The van der Waals surface area contributed by atoms with Gasteiger partial charge in [0.05, 0.1) is 21.8 Å². The molecule has 0 bridgehead atoms. The molecule has 1 amide bonds. The number of rotatable bonds is 2. The van der Waals surface area contributed by atoms with Crippen LogP contribution in [-0.2, 0) is 7.05 Å². The van der Waals surface area contributed by atoms with Crippen LogP contribution in [0.4, 0.5) is 5.69 Å². The molecule has 0 saturated carbocycles. The van der Waals surface area contributed by atoms with E-state index in [-0.39, 0.29) is 5.91 Å². The Kier molecular flexibility index (Phi) is 4.02. The molecule has 1 saturated heterocycles. The van der Waals surface area contributed by atoms with E-state index in [1.54, 1.807) is 6.07 Å². The molecule has 0 spiro atoms. The van der Waals surface area contributed by atoms with E-state index in [1.807, 2.05) is 28.8 Å². The summed E-state index contributed by atoms with van der Waals surface area (Å²) in [5.41, 5.74) is 8.03. The fraction of sp³-hybridized carbons (Fsp3) is 0.438. The number of nitrogen functional groups attached to an aromatic ring is 1. The molecule has 1 aliphatic heterocycles. The molecule has 0 atom stereocenters. The number of amides is 1. The maximum atomic E-state index is 12.8. The predicted molar refractivity (Wildman–Crippen MR) is 90.4 cm³/mol. The second kappa shape index (κ2) is 5.82. The van der Waals surface area contributed by atoms with Gasteiger partial charge in [0.2, 0.25) is 0 Å². The summed E-state index contributed by atoms with van der Waals surface area (Å²) in [6.07, 6.45) is 1.87. The summed E-state index contributed by atoms with van der Waals surface area (Å²) < 4.78 is 1.93. The van der Waals surface area contributed by atoms with Crippen molar-refractivity contribution in [1.82, 2.24) is 14.4 Å². The van der Waals surface area contributed by atoms with E-state index in [0.29, 0.717) is 16.3 Å². The summed E-state index contributed by atoms with van der Waals surface area (Å²) in [5, 5.41) is 1.35. The van der Waals surface area contributed by atoms with Crippen molar-refractivity contribution in [3.05, 3.63) is 28.9 Å². The molecule has 118 valence electrons. The molecular weight excluding hydrogens is 300 g/mol. The molecule has 2 N–H and O–H groups in total. The lowest BCUT2D eigenvalue weighted by Gasteiger charge is -2.34. The number of aryl methyl sites for hydroxylation is 1. The smallest absolute Gasteiger partial charge is 0.256 e. The van der Waals surface area contributed by atoms with Gasteiger partial charge in [-0.2, -0.15) is 0 Å². The van der Waals surface area contributed by atoms with Crippen molar-refractivity contribution in [1.29, 1.82) is 0 Å². The summed E-state index contributed by atoms with van der Waals surface area (Å²) in [7, 11) is 1.92. The van der Waals surface area contributed by atoms with E-state index < -0.39 is 0 Å². The average Bonchev–Trinajstić information content (AvgIpc) is 2.84. The summed E-state index contributed by atoms with van der Waals surface area (Å²) in [6.45, 7) is 6.58. The molecule has 2 aromatic rings. The average molecular weight is 321 g/mol. The van der Waals surface area contributed by atoms with Crippen LogP contribution >= 0.6 is 11.6 Å². The van der Waals surface area contributed by atoms with Gasteiger partial charge in [0.25, 0.3) is 5.91 Å². The molecule has 0 unspecified atom stereocenters. The van der Waals surface area contributed by atoms with E-state index in [2.05, 4.69) is 11.8 Å². The van der Waals surface area contributed by atoms with Gasteiger partial charge in [0.15, 0.2) is 0 Å². The van der Waals surface area contributed by atoms with E-state index in [4.69, 9.17) is 17.3 Å². The zero-order valence-electron chi connectivity index (χ0n) is 13.0. The second-order valence-electron chi connectivity index (χ2n) is 5.77. The molecule has 2 heterocycles. The van der Waals surface area contributed by atoms with Crippen molar-refractivity contribution in [3.63, 3.8) is 0 Å². The van der Waals surface area contributed by atoms with E-state index in [9.17, 15) is 4.79 Å². The third-order valence-corrected chi connectivity index (χ3v) is 4.77. The largest absolute Gasteiger partial charge is 0.397 e. The highest BCUT2D eigenvalue weighted by Gasteiger charge is 2.24. The van der Waals surface area contributed by atoms with Crippen molar-refractivity contribution in [2.75, 3.05) is 38.5 Å². The SMILES string of the molecule is CCN1CCN(C(=O)c2cn(C)c3cc(N)c(Cl)cc23)CC1. The first kappa shape index (κ1) is 15.2. The zero-order valence-corrected chi connectivity index (χ0v) is 13.7. The summed E-state index contributed by atoms with van der Waals surface area (Å²) in [4.78, 5) is 17.1. The van der Waals surface area contributed by atoms with Crippen molar-refractivity contribution in [2.45, 2.75) is 6.92 Å². The lowest BCUT2D eigenvalue weighted by Crippen LogP contribution is -2.48. The zero-order chi connectivity index (χ0) is 15.9.